The van der Waals surface area contributed by atoms with E-state index >= 15 is 0 Å². The Kier molecular flexibility index (Phi) is 5.81. The number of nitrogens with one attached hydrogen (secondary N) is 3. The van der Waals surface area contributed by atoms with Crippen LogP contribution in [-0.4, -0.2) is 25.0 Å². The summed E-state index contributed by atoms with van der Waals surface area (Å²) in [5.74, 6) is -0.110. The van der Waals surface area contributed by atoms with Crippen molar-refractivity contribution in [1.29, 1.82) is 0 Å². The van der Waals surface area contributed by atoms with Gasteiger partial charge < -0.3 is 21.7 Å². The van der Waals surface area contributed by atoms with Crippen LogP contribution < -0.4 is 21.7 Å². The van der Waals surface area contributed by atoms with Crippen LogP contribution in [0, 0.1) is 0 Å². The van der Waals surface area contributed by atoms with Crippen molar-refractivity contribution in [2.24, 2.45) is 5.73 Å². The number of rotatable bonds is 5. The molecule has 3 amide bonds. The summed E-state index contributed by atoms with van der Waals surface area (Å²) in [5.41, 5.74) is 7.04. The summed E-state index contributed by atoms with van der Waals surface area (Å²) in [4.78, 5) is 22.7. The van der Waals surface area contributed by atoms with Crippen LogP contribution in [0.2, 0.25) is 0 Å². The monoisotopic (exact) mass is 264 g/mol. The van der Waals surface area contributed by atoms with E-state index in [-0.39, 0.29) is 18.0 Å². The molecule has 0 aliphatic heterocycles. The molecule has 6 nitrogen and oxygen atoms in total. The van der Waals surface area contributed by atoms with Crippen LogP contribution >= 0.6 is 0 Å². The molecule has 0 saturated carbocycles. The molecule has 0 bridgehead atoms. The maximum atomic E-state index is 11.6. The average molecular weight is 264 g/mol. The summed E-state index contributed by atoms with van der Waals surface area (Å²) in [6.07, 6.45) is 1.07. The van der Waals surface area contributed by atoms with E-state index in [4.69, 9.17) is 5.73 Å². The lowest BCUT2D eigenvalue weighted by atomic mass is 10.1. The summed E-state index contributed by atoms with van der Waals surface area (Å²) in [6, 6.07) is 6.47. The molecule has 1 rings (SSSR count). The van der Waals surface area contributed by atoms with Crippen LogP contribution in [0.15, 0.2) is 24.3 Å². The highest BCUT2D eigenvalue weighted by Gasteiger charge is 2.07. The molecule has 0 aliphatic rings. The molecule has 5 N–H and O–H groups in total. The van der Waals surface area contributed by atoms with Crippen LogP contribution in [0.5, 0.6) is 0 Å². The van der Waals surface area contributed by atoms with Crippen LogP contribution in [0.4, 0.5) is 16.2 Å². The molecular formula is C13H20N4O2. The molecule has 1 aromatic rings. The predicted octanol–water partition coefficient (Wildman–Crippen LogP) is 1.50. The SMILES string of the molecule is CCC(N)CC(=O)Nc1ccc(NC(=O)NC)cc1. The van der Waals surface area contributed by atoms with E-state index in [0.717, 1.165) is 6.42 Å². The van der Waals surface area contributed by atoms with Crippen molar-refractivity contribution in [3.05, 3.63) is 24.3 Å². The second kappa shape index (κ2) is 7.38. The minimum atomic E-state index is -0.286. The quantitative estimate of drug-likeness (QED) is 0.649. The third kappa shape index (κ3) is 5.39. The van der Waals surface area contributed by atoms with Crippen molar-refractivity contribution < 1.29 is 9.59 Å². The first-order valence-corrected chi connectivity index (χ1v) is 6.19. The van der Waals surface area contributed by atoms with Gasteiger partial charge in [0.25, 0.3) is 0 Å². The van der Waals surface area contributed by atoms with Gasteiger partial charge in [-0.05, 0) is 30.7 Å². The Morgan fingerprint density at radius 3 is 2.16 bits per heavy atom. The Balaban J connectivity index is 2.52. The van der Waals surface area contributed by atoms with Gasteiger partial charge >= 0.3 is 6.03 Å². The zero-order valence-corrected chi connectivity index (χ0v) is 11.2. The van der Waals surface area contributed by atoms with Gasteiger partial charge in [0.1, 0.15) is 0 Å². The fourth-order valence-electron chi connectivity index (χ4n) is 1.42. The molecule has 0 spiro atoms. The van der Waals surface area contributed by atoms with Crippen molar-refractivity contribution in [3.63, 3.8) is 0 Å². The van der Waals surface area contributed by atoms with Gasteiger partial charge in [0.2, 0.25) is 5.91 Å². The van der Waals surface area contributed by atoms with Crippen molar-refractivity contribution in [2.75, 3.05) is 17.7 Å². The fourth-order valence-corrected chi connectivity index (χ4v) is 1.42. The predicted molar refractivity (Wildman–Crippen MR) is 76.0 cm³/mol. The fraction of sp³-hybridized carbons (Fsp3) is 0.385. The van der Waals surface area contributed by atoms with Gasteiger partial charge in [0.05, 0.1) is 0 Å². The number of hydrogen-bond acceptors (Lipinski definition) is 3. The maximum Gasteiger partial charge on any atom is 0.318 e. The largest absolute Gasteiger partial charge is 0.341 e. The number of amides is 3. The summed E-state index contributed by atoms with van der Waals surface area (Å²) in [6.45, 7) is 1.94. The maximum absolute atomic E-state index is 11.6. The van der Waals surface area contributed by atoms with Crippen LogP contribution in [0.25, 0.3) is 0 Å². The molecule has 0 aliphatic carbocycles. The normalized spacial score (nSPS) is 11.5. The van der Waals surface area contributed by atoms with E-state index in [1.54, 1.807) is 31.3 Å². The van der Waals surface area contributed by atoms with Crippen LogP contribution in [0.3, 0.4) is 0 Å². The van der Waals surface area contributed by atoms with Crippen molar-refractivity contribution >= 4 is 23.3 Å². The molecule has 0 radical (unpaired) electrons. The van der Waals surface area contributed by atoms with Gasteiger partial charge in [-0.1, -0.05) is 6.92 Å². The molecule has 1 unspecified atom stereocenters. The van der Waals surface area contributed by atoms with Gasteiger partial charge in [0, 0.05) is 30.9 Å². The summed E-state index contributed by atoms with van der Waals surface area (Å²) in [7, 11) is 1.54. The topological polar surface area (TPSA) is 96.2 Å². The molecule has 0 aromatic heterocycles. The van der Waals surface area contributed by atoms with Crippen molar-refractivity contribution in [1.82, 2.24) is 5.32 Å². The van der Waals surface area contributed by atoms with E-state index < -0.39 is 0 Å². The Hall–Kier alpha value is -2.08. The first-order chi connectivity index (χ1) is 9.05. The molecule has 0 saturated heterocycles. The van der Waals surface area contributed by atoms with Crippen LogP contribution in [-0.2, 0) is 4.79 Å². The minimum absolute atomic E-state index is 0.110. The van der Waals surface area contributed by atoms with Gasteiger partial charge in [-0.3, -0.25) is 4.79 Å². The van der Waals surface area contributed by atoms with Gasteiger partial charge in [-0.25, -0.2) is 4.79 Å². The third-order valence-electron chi connectivity index (χ3n) is 2.63. The molecule has 0 fully saturated rings. The number of benzene rings is 1. The number of carbonyl (C=O) groups excluding carboxylic acids is 2. The third-order valence-corrected chi connectivity index (χ3v) is 2.63. The molecule has 1 atom stereocenters. The van der Waals surface area contributed by atoms with E-state index in [0.29, 0.717) is 17.8 Å². The number of urea groups is 1. The molecule has 1 aromatic carbocycles. The van der Waals surface area contributed by atoms with Gasteiger partial charge in [-0.15, -0.1) is 0 Å². The second-order valence-electron chi connectivity index (χ2n) is 4.20. The zero-order valence-electron chi connectivity index (χ0n) is 11.2. The number of nitrogens with two attached hydrogens (primary N) is 1. The molecular weight excluding hydrogens is 244 g/mol. The van der Waals surface area contributed by atoms with Crippen LogP contribution in [0.1, 0.15) is 19.8 Å². The average Bonchev–Trinajstić information content (AvgIpc) is 2.40. The van der Waals surface area contributed by atoms with Gasteiger partial charge in [0.15, 0.2) is 0 Å². The highest BCUT2D eigenvalue weighted by molar-refractivity contribution is 5.92. The number of hydrogen-bond donors (Lipinski definition) is 4. The first kappa shape index (κ1) is 15.0. The van der Waals surface area contributed by atoms with Crippen molar-refractivity contribution in [3.8, 4) is 0 Å². The van der Waals surface area contributed by atoms with Crippen molar-refractivity contribution in [2.45, 2.75) is 25.8 Å². The smallest absolute Gasteiger partial charge is 0.318 e. The summed E-state index contributed by atoms with van der Waals surface area (Å²) in [5, 5.41) is 7.84. The van der Waals surface area contributed by atoms with Gasteiger partial charge in [-0.2, -0.15) is 0 Å². The summed E-state index contributed by atoms with van der Waals surface area (Å²) < 4.78 is 0. The Morgan fingerprint density at radius 2 is 1.68 bits per heavy atom. The highest BCUT2D eigenvalue weighted by atomic mass is 16.2. The number of anilines is 2. The molecule has 104 valence electrons. The first-order valence-electron chi connectivity index (χ1n) is 6.19. The van der Waals surface area contributed by atoms with E-state index in [1.165, 1.54) is 0 Å². The number of carbonyl (C=O) groups is 2. The van der Waals surface area contributed by atoms with E-state index in [2.05, 4.69) is 16.0 Å². The Morgan fingerprint density at radius 1 is 1.16 bits per heavy atom. The molecule has 19 heavy (non-hydrogen) atoms. The van der Waals surface area contributed by atoms with E-state index in [9.17, 15) is 9.59 Å². The minimum Gasteiger partial charge on any atom is -0.341 e. The Bertz CT molecular complexity index is 431. The summed E-state index contributed by atoms with van der Waals surface area (Å²) >= 11 is 0. The highest BCUT2D eigenvalue weighted by Crippen LogP contribution is 2.13. The lowest BCUT2D eigenvalue weighted by molar-refractivity contribution is -0.116. The lowest BCUT2D eigenvalue weighted by Gasteiger charge is -2.10. The standard InChI is InChI=1S/C13H20N4O2/c1-3-9(14)8-12(18)16-10-4-6-11(7-5-10)17-13(19)15-2/h4-7,9H,3,8,14H2,1-2H3,(H,16,18)(H2,15,17,19). The zero-order chi connectivity index (χ0) is 14.3. The molecule has 6 heteroatoms. The lowest BCUT2D eigenvalue weighted by Crippen LogP contribution is -2.26. The van der Waals surface area contributed by atoms with E-state index in [1.807, 2.05) is 6.92 Å². The Labute approximate surface area is 112 Å². The second-order valence-corrected chi connectivity index (χ2v) is 4.20. The molecule has 0 heterocycles.